The molecule has 0 spiro atoms. The second kappa shape index (κ2) is 8.40. The second-order valence-corrected chi connectivity index (χ2v) is 5.59. The maximum Gasteiger partial charge on any atom is 0.343 e. The van der Waals surface area contributed by atoms with Gasteiger partial charge in [-0.15, -0.1) is 0 Å². The van der Waals surface area contributed by atoms with Crippen LogP contribution in [0, 0.1) is 5.82 Å². The van der Waals surface area contributed by atoms with Crippen LogP contribution in [0.5, 0.6) is 0 Å². The number of carbonyl (C=O) groups is 2. The van der Waals surface area contributed by atoms with Crippen LogP contribution in [0.25, 0.3) is 0 Å². The van der Waals surface area contributed by atoms with Crippen molar-refractivity contribution in [3.8, 4) is 0 Å². The number of anilines is 1. The molecule has 0 aliphatic rings. The number of ether oxygens (including phenoxy) is 1. The summed E-state index contributed by atoms with van der Waals surface area (Å²) in [6.07, 6.45) is 1.27. The highest BCUT2D eigenvalue weighted by molar-refractivity contribution is 9.10. The molecule has 1 N–H and O–H groups in total. The number of Topliss-reactive ketones (excluding diaryl/α,β-unsaturated/α-hetero) is 1. The molecule has 0 atom stereocenters. The first-order valence-corrected chi connectivity index (χ1v) is 8.01. The van der Waals surface area contributed by atoms with Crippen molar-refractivity contribution in [2.45, 2.75) is 6.92 Å². The third kappa shape index (κ3) is 4.52. The lowest BCUT2D eigenvalue weighted by Crippen LogP contribution is -2.18. The Morgan fingerprint density at radius 3 is 2.46 bits per heavy atom. The van der Waals surface area contributed by atoms with Crippen molar-refractivity contribution < 1.29 is 18.7 Å². The fourth-order valence-electron chi connectivity index (χ4n) is 1.92. The molecule has 0 radical (unpaired) electrons. The van der Waals surface area contributed by atoms with Crippen molar-refractivity contribution in [2.75, 3.05) is 11.9 Å². The lowest BCUT2D eigenvalue weighted by atomic mass is 10.0. The van der Waals surface area contributed by atoms with Crippen LogP contribution in [0.15, 0.2) is 64.8 Å². The van der Waals surface area contributed by atoms with E-state index in [1.54, 1.807) is 31.2 Å². The van der Waals surface area contributed by atoms with Gasteiger partial charge in [0.1, 0.15) is 11.4 Å². The number of rotatable bonds is 6. The lowest BCUT2D eigenvalue weighted by molar-refractivity contribution is -0.138. The Morgan fingerprint density at radius 1 is 1.17 bits per heavy atom. The first-order chi connectivity index (χ1) is 11.5. The Morgan fingerprint density at radius 2 is 1.83 bits per heavy atom. The minimum atomic E-state index is -0.729. The number of carbonyl (C=O) groups excluding carboxylic acids is 2. The third-order valence-electron chi connectivity index (χ3n) is 3.09. The fraction of sp³-hybridized carbons (Fsp3) is 0.111. The Bertz CT molecular complexity index is 772. The largest absolute Gasteiger partial charge is 0.462 e. The van der Waals surface area contributed by atoms with E-state index in [9.17, 15) is 14.0 Å². The average Bonchev–Trinajstić information content (AvgIpc) is 2.57. The van der Waals surface area contributed by atoms with Crippen molar-refractivity contribution in [3.05, 3.63) is 76.2 Å². The summed E-state index contributed by atoms with van der Waals surface area (Å²) >= 11 is 3.30. The quantitative estimate of drug-likeness (QED) is 0.261. The lowest BCUT2D eigenvalue weighted by Gasteiger charge is -2.09. The van der Waals surface area contributed by atoms with Gasteiger partial charge in [0.15, 0.2) is 0 Å². The molecule has 0 unspecified atom stereocenters. The highest BCUT2D eigenvalue weighted by atomic mass is 79.9. The summed E-state index contributed by atoms with van der Waals surface area (Å²) < 4.78 is 18.5. The number of halogens is 2. The zero-order valence-corrected chi connectivity index (χ0v) is 14.5. The van der Waals surface area contributed by atoms with E-state index in [1.165, 1.54) is 30.5 Å². The van der Waals surface area contributed by atoms with Crippen LogP contribution in [-0.2, 0) is 9.53 Å². The highest BCUT2D eigenvalue weighted by Gasteiger charge is 2.22. The summed E-state index contributed by atoms with van der Waals surface area (Å²) in [4.78, 5) is 24.8. The molecule has 0 aromatic heterocycles. The Labute approximate surface area is 147 Å². The van der Waals surface area contributed by atoms with Crippen LogP contribution in [0.3, 0.4) is 0 Å². The molecule has 2 rings (SSSR count). The maximum absolute atomic E-state index is 12.9. The number of benzene rings is 2. The van der Waals surface area contributed by atoms with E-state index in [2.05, 4.69) is 21.2 Å². The molecule has 0 saturated heterocycles. The van der Waals surface area contributed by atoms with Crippen LogP contribution in [0.1, 0.15) is 17.3 Å². The van der Waals surface area contributed by atoms with Crippen molar-refractivity contribution in [1.29, 1.82) is 0 Å². The summed E-state index contributed by atoms with van der Waals surface area (Å²) in [6.45, 7) is 1.81. The van der Waals surface area contributed by atoms with Gasteiger partial charge in [-0.25, -0.2) is 9.18 Å². The first kappa shape index (κ1) is 17.9. The van der Waals surface area contributed by atoms with E-state index in [0.29, 0.717) is 15.7 Å². The van der Waals surface area contributed by atoms with E-state index >= 15 is 0 Å². The average molecular weight is 392 g/mol. The molecular weight excluding hydrogens is 377 g/mol. The molecular formula is C18H15BrFNO3. The standard InChI is InChI=1S/C18H15BrFNO3/c1-2-24-18(23)15(11-21-13-9-7-12(20)8-10-13)17(22)14-5-3-4-6-16(14)19/h3-11,21H,2H2,1H3/b15-11+. The van der Waals surface area contributed by atoms with E-state index in [1.807, 2.05) is 0 Å². The van der Waals surface area contributed by atoms with Crippen LogP contribution < -0.4 is 5.32 Å². The van der Waals surface area contributed by atoms with Gasteiger partial charge in [-0.2, -0.15) is 0 Å². The third-order valence-corrected chi connectivity index (χ3v) is 3.78. The van der Waals surface area contributed by atoms with Gasteiger partial charge in [-0.05, 0) is 43.3 Å². The minimum absolute atomic E-state index is 0.145. The zero-order chi connectivity index (χ0) is 17.5. The SMILES string of the molecule is CCOC(=O)/C(=C/Nc1ccc(F)cc1)C(=O)c1ccccc1Br. The maximum atomic E-state index is 12.9. The normalized spacial score (nSPS) is 11.0. The summed E-state index contributed by atoms with van der Waals surface area (Å²) in [6, 6.07) is 12.3. The monoisotopic (exact) mass is 391 g/mol. The van der Waals surface area contributed by atoms with Gasteiger partial charge in [-0.3, -0.25) is 4.79 Å². The predicted molar refractivity (Wildman–Crippen MR) is 93.2 cm³/mol. The van der Waals surface area contributed by atoms with Crippen LogP contribution >= 0.6 is 15.9 Å². The molecule has 2 aromatic rings. The Kier molecular flexibility index (Phi) is 6.26. The van der Waals surface area contributed by atoms with Gasteiger partial charge in [0.2, 0.25) is 5.78 Å². The molecule has 4 nitrogen and oxygen atoms in total. The minimum Gasteiger partial charge on any atom is -0.462 e. The van der Waals surface area contributed by atoms with Gasteiger partial charge in [-0.1, -0.05) is 28.1 Å². The molecule has 0 fully saturated rings. The van der Waals surface area contributed by atoms with Gasteiger partial charge in [0, 0.05) is 21.9 Å². The molecule has 124 valence electrons. The predicted octanol–water partition coefficient (Wildman–Crippen LogP) is 4.33. The number of hydrogen-bond donors (Lipinski definition) is 1. The van der Waals surface area contributed by atoms with E-state index in [0.717, 1.165) is 0 Å². The van der Waals surface area contributed by atoms with Crippen molar-refractivity contribution in [2.24, 2.45) is 0 Å². The van der Waals surface area contributed by atoms with Crippen LogP contribution in [0.4, 0.5) is 10.1 Å². The molecule has 0 aliphatic carbocycles. The van der Waals surface area contributed by atoms with Crippen molar-refractivity contribution >= 4 is 33.4 Å². The molecule has 0 bridgehead atoms. The number of esters is 1. The van der Waals surface area contributed by atoms with Crippen LogP contribution in [-0.4, -0.2) is 18.4 Å². The summed E-state index contributed by atoms with van der Waals surface area (Å²) in [5.41, 5.74) is 0.740. The van der Waals surface area contributed by atoms with Crippen LogP contribution in [0.2, 0.25) is 0 Å². The zero-order valence-electron chi connectivity index (χ0n) is 12.9. The number of ketones is 1. The van der Waals surface area contributed by atoms with Gasteiger partial charge >= 0.3 is 5.97 Å². The smallest absolute Gasteiger partial charge is 0.343 e. The highest BCUT2D eigenvalue weighted by Crippen LogP contribution is 2.20. The molecule has 0 heterocycles. The van der Waals surface area contributed by atoms with Gasteiger partial charge < -0.3 is 10.1 Å². The van der Waals surface area contributed by atoms with E-state index in [-0.39, 0.29) is 18.0 Å². The summed E-state index contributed by atoms with van der Waals surface area (Å²) in [5, 5.41) is 2.82. The Balaban J connectivity index is 2.32. The molecule has 0 aliphatic heterocycles. The second-order valence-electron chi connectivity index (χ2n) is 4.74. The summed E-state index contributed by atoms with van der Waals surface area (Å²) in [7, 11) is 0. The number of nitrogens with one attached hydrogen (secondary N) is 1. The summed E-state index contributed by atoms with van der Waals surface area (Å²) in [5.74, 6) is -1.58. The number of hydrogen-bond acceptors (Lipinski definition) is 4. The molecule has 0 saturated carbocycles. The topological polar surface area (TPSA) is 55.4 Å². The molecule has 0 amide bonds. The van der Waals surface area contributed by atoms with E-state index < -0.39 is 11.8 Å². The van der Waals surface area contributed by atoms with Gasteiger partial charge in [0.25, 0.3) is 0 Å². The van der Waals surface area contributed by atoms with Crippen molar-refractivity contribution in [1.82, 2.24) is 0 Å². The fourth-order valence-corrected chi connectivity index (χ4v) is 2.38. The molecule has 6 heteroatoms. The van der Waals surface area contributed by atoms with Gasteiger partial charge in [0.05, 0.1) is 6.61 Å². The van der Waals surface area contributed by atoms with E-state index in [4.69, 9.17) is 4.74 Å². The molecule has 24 heavy (non-hydrogen) atoms. The molecule has 2 aromatic carbocycles. The van der Waals surface area contributed by atoms with Crippen molar-refractivity contribution in [3.63, 3.8) is 0 Å². The Hall–Kier alpha value is -2.47. The first-order valence-electron chi connectivity index (χ1n) is 7.21.